The standard InChI is InChI=1S/C19H16O3/c1-14-7-9-16(10-8-14)21-17-11-12-18(20)19(13-17)22-15-5-3-2-4-6-15/h2-13,20H,1H3. The molecule has 0 atom stereocenters. The zero-order chi connectivity index (χ0) is 15.4. The predicted molar refractivity (Wildman–Crippen MR) is 85.9 cm³/mol. The maximum Gasteiger partial charge on any atom is 0.172 e. The second kappa shape index (κ2) is 6.22. The van der Waals surface area contributed by atoms with Crippen molar-refractivity contribution in [3.63, 3.8) is 0 Å². The van der Waals surface area contributed by atoms with E-state index in [1.54, 1.807) is 18.2 Å². The van der Waals surface area contributed by atoms with Crippen LogP contribution in [-0.4, -0.2) is 5.11 Å². The van der Waals surface area contributed by atoms with Crippen LogP contribution in [0.25, 0.3) is 0 Å². The van der Waals surface area contributed by atoms with E-state index < -0.39 is 0 Å². The van der Waals surface area contributed by atoms with E-state index in [4.69, 9.17) is 9.47 Å². The number of aromatic hydroxyl groups is 1. The van der Waals surface area contributed by atoms with Crippen molar-refractivity contribution in [2.45, 2.75) is 6.92 Å². The molecule has 0 bridgehead atoms. The van der Waals surface area contributed by atoms with Crippen LogP contribution in [0.3, 0.4) is 0 Å². The monoisotopic (exact) mass is 292 g/mol. The largest absolute Gasteiger partial charge is 0.504 e. The first-order chi connectivity index (χ1) is 10.7. The van der Waals surface area contributed by atoms with E-state index in [2.05, 4.69) is 0 Å². The summed E-state index contributed by atoms with van der Waals surface area (Å²) in [7, 11) is 0. The van der Waals surface area contributed by atoms with Crippen LogP contribution in [0, 0.1) is 6.92 Å². The van der Waals surface area contributed by atoms with Crippen molar-refractivity contribution in [1.29, 1.82) is 0 Å². The van der Waals surface area contributed by atoms with Crippen molar-refractivity contribution < 1.29 is 14.6 Å². The summed E-state index contributed by atoms with van der Waals surface area (Å²) in [6.45, 7) is 2.02. The van der Waals surface area contributed by atoms with Crippen molar-refractivity contribution in [1.82, 2.24) is 0 Å². The summed E-state index contributed by atoms with van der Waals surface area (Å²) >= 11 is 0. The van der Waals surface area contributed by atoms with Gasteiger partial charge in [0.1, 0.15) is 17.2 Å². The average molecular weight is 292 g/mol. The van der Waals surface area contributed by atoms with Gasteiger partial charge in [-0.2, -0.15) is 0 Å². The lowest BCUT2D eigenvalue weighted by atomic mass is 10.2. The highest BCUT2D eigenvalue weighted by atomic mass is 16.5. The number of hydrogen-bond donors (Lipinski definition) is 1. The highest BCUT2D eigenvalue weighted by Gasteiger charge is 2.07. The molecule has 0 saturated carbocycles. The number of hydrogen-bond acceptors (Lipinski definition) is 3. The lowest BCUT2D eigenvalue weighted by molar-refractivity contribution is 0.405. The molecule has 3 rings (SSSR count). The third kappa shape index (κ3) is 3.38. The second-order valence-corrected chi connectivity index (χ2v) is 4.96. The van der Waals surface area contributed by atoms with Gasteiger partial charge in [-0.1, -0.05) is 35.9 Å². The molecular weight excluding hydrogens is 276 g/mol. The number of benzene rings is 3. The summed E-state index contributed by atoms with van der Waals surface area (Å²) in [4.78, 5) is 0. The molecule has 0 spiro atoms. The molecule has 0 amide bonds. The highest BCUT2D eigenvalue weighted by Crippen LogP contribution is 2.35. The molecule has 0 aliphatic heterocycles. The molecule has 0 aromatic heterocycles. The third-order valence-corrected chi connectivity index (χ3v) is 3.16. The van der Waals surface area contributed by atoms with Gasteiger partial charge >= 0.3 is 0 Å². The van der Waals surface area contributed by atoms with Crippen molar-refractivity contribution in [3.05, 3.63) is 78.4 Å². The minimum atomic E-state index is 0.0695. The van der Waals surface area contributed by atoms with Crippen LogP contribution in [-0.2, 0) is 0 Å². The molecule has 0 radical (unpaired) electrons. The predicted octanol–water partition coefficient (Wildman–Crippen LogP) is 5.29. The molecule has 0 saturated heterocycles. The van der Waals surface area contributed by atoms with E-state index in [-0.39, 0.29) is 5.75 Å². The van der Waals surface area contributed by atoms with Gasteiger partial charge < -0.3 is 14.6 Å². The Morgan fingerprint density at radius 3 is 2.05 bits per heavy atom. The summed E-state index contributed by atoms with van der Waals surface area (Å²) in [5.74, 6) is 2.43. The van der Waals surface area contributed by atoms with Crippen LogP contribution in [0.15, 0.2) is 72.8 Å². The zero-order valence-electron chi connectivity index (χ0n) is 12.2. The van der Waals surface area contributed by atoms with Gasteiger partial charge in [-0.05, 0) is 43.3 Å². The smallest absolute Gasteiger partial charge is 0.172 e. The Morgan fingerprint density at radius 2 is 1.32 bits per heavy atom. The molecule has 0 aliphatic rings. The van der Waals surface area contributed by atoms with Crippen LogP contribution in [0.5, 0.6) is 28.7 Å². The molecule has 3 aromatic carbocycles. The zero-order valence-corrected chi connectivity index (χ0v) is 12.2. The highest BCUT2D eigenvalue weighted by molar-refractivity contribution is 5.48. The number of phenolic OH excluding ortho intramolecular Hbond substituents is 1. The third-order valence-electron chi connectivity index (χ3n) is 3.16. The van der Waals surface area contributed by atoms with Crippen LogP contribution < -0.4 is 9.47 Å². The van der Waals surface area contributed by atoms with Crippen molar-refractivity contribution >= 4 is 0 Å². The quantitative estimate of drug-likeness (QED) is 0.710. The normalized spacial score (nSPS) is 10.2. The average Bonchev–Trinajstić information content (AvgIpc) is 2.54. The van der Waals surface area contributed by atoms with E-state index in [9.17, 15) is 5.11 Å². The maximum absolute atomic E-state index is 9.92. The fourth-order valence-corrected chi connectivity index (χ4v) is 2.00. The summed E-state index contributed by atoms with van der Waals surface area (Å²) in [6, 6.07) is 22.0. The van der Waals surface area contributed by atoms with E-state index in [1.807, 2.05) is 61.5 Å². The van der Waals surface area contributed by atoms with Gasteiger partial charge in [-0.15, -0.1) is 0 Å². The molecule has 3 aromatic rings. The molecule has 0 heterocycles. The molecule has 3 heteroatoms. The molecule has 0 aliphatic carbocycles. The molecule has 0 unspecified atom stereocenters. The number of phenols is 1. The van der Waals surface area contributed by atoms with Gasteiger partial charge in [0.25, 0.3) is 0 Å². The number of ether oxygens (including phenoxy) is 2. The lowest BCUT2D eigenvalue weighted by Crippen LogP contribution is -1.88. The molecule has 110 valence electrons. The van der Waals surface area contributed by atoms with Crippen LogP contribution in [0.1, 0.15) is 5.56 Å². The Morgan fingerprint density at radius 1 is 0.682 bits per heavy atom. The SMILES string of the molecule is Cc1ccc(Oc2ccc(O)c(Oc3ccccc3)c2)cc1. The number of para-hydroxylation sites is 1. The Balaban J connectivity index is 1.81. The van der Waals surface area contributed by atoms with Gasteiger partial charge in [0.05, 0.1) is 0 Å². The van der Waals surface area contributed by atoms with Crippen molar-refractivity contribution in [2.24, 2.45) is 0 Å². The second-order valence-electron chi connectivity index (χ2n) is 4.96. The Bertz CT molecular complexity index is 749. The molecule has 3 nitrogen and oxygen atoms in total. The lowest BCUT2D eigenvalue weighted by Gasteiger charge is -2.11. The summed E-state index contributed by atoms with van der Waals surface area (Å²) in [6.07, 6.45) is 0. The first-order valence-electron chi connectivity index (χ1n) is 7.01. The van der Waals surface area contributed by atoms with Crippen LogP contribution >= 0.6 is 0 Å². The van der Waals surface area contributed by atoms with E-state index in [0.29, 0.717) is 17.2 Å². The Hall–Kier alpha value is -2.94. The molecule has 0 fully saturated rings. The minimum Gasteiger partial charge on any atom is -0.504 e. The van der Waals surface area contributed by atoms with Gasteiger partial charge in [-0.25, -0.2) is 0 Å². The van der Waals surface area contributed by atoms with Gasteiger partial charge in [0, 0.05) is 6.07 Å². The van der Waals surface area contributed by atoms with E-state index >= 15 is 0 Å². The van der Waals surface area contributed by atoms with Gasteiger partial charge in [0.2, 0.25) is 0 Å². The first-order valence-corrected chi connectivity index (χ1v) is 7.01. The summed E-state index contributed by atoms with van der Waals surface area (Å²) in [5, 5.41) is 9.92. The van der Waals surface area contributed by atoms with Crippen molar-refractivity contribution in [2.75, 3.05) is 0 Å². The summed E-state index contributed by atoms with van der Waals surface area (Å²) in [5.41, 5.74) is 1.17. The molecule has 1 N–H and O–H groups in total. The van der Waals surface area contributed by atoms with E-state index in [1.165, 1.54) is 5.56 Å². The Labute approximate surface area is 129 Å². The molecule has 22 heavy (non-hydrogen) atoms. The maximum atomic E-state index is 9.92. The Kier molecular flexibility index (Phi) is 3.97. The van der Waals surface area contributed by atoms with E-state index in [0.717, 1.165) is 5.75 Å². The molecular formula is C19H16O3. The first kappa shape index (κ1) is 14.0. The number of rotatable bonds is 4. The van der Waals surface area contributed by atoms with Crippen molar-refractivity contribution in [3.8, 4) is 28.7 Å². The minimum absolute atomic E-state index is 0.0695. The van der Waals surface area contributed by atoms with Gasteiger partial charge in [0.15, 0.2) is 11.5 Å². The topological polar surface area (TPSA) is 38.7 Å². The van der Waals surface area contributed by atoms with Crippen LogP contribution in [0.4, 0.5) is 0 Å². The fourth-order valence-electron chi connectivity index (χ4n) is 2.00. The number of aryl methyl sites for hydroxylation is 1. The summed E-state index contributed by atoms with van der Waals surface area (Å²) < 4.78 is 11.5. The van der Waals surface area contributed by atoms with Gasteiger partial charge in [-0.3, -0.25) is 0 Å². The fraction of sp³-hybridized carbons (Fsp3) is 0.0526. The van der Waals surface area contributed by atoms with Crippen LogP contribution in [0.2, 0.25) is 0 Å².